The molecule has 1 heterocycles. The number of hydrogen-bond acceptors (Lipinski definition) is 6. The molecule has 3 aromatic rings. The number of ether oxygens (including phenoxy) is 3. The molecule has 1 aromatic heterocycles. The Morgan fingerprint density at radius 3 is 2.28 bits per heavy atom. The summed E-state index contributed by atoms with van der Waals surface area (Å²) in [5.74, 6) is -3.04. The minimum absolute atomic E-state index is 0.0393. The van der Waals surface area contributed by atoms with Crippen molar-refractivity contribution in [2.24, 2.45) is 0 Å². The van der Waals surface area contributed by atoms with Gasteiger partial charge >= 0.3 is 12.1 Å². The van der Waals surface area contributed by atoms with Crippen LogP contribution in [-0.4, -0.2) is 18.7 Å². The van der Waals surface area contributed by atoms with Crippen molar-refractivity contribution < 1.29 is 36.6 Å². The van der Waals surface area contributed by atoms with Gasteiger partial charge in [-0.1, -0.05) is 6.07 Å². The molecule has 170 valence electrons. The number of benzene rings is 2. The molecule has 6 nitrogen and oxygen atoms in total. The fourth-order valence-electron chi connectivity index (χ4n) is 3.07. The lowest BCUT2D eigenvalue weighted by Crippen LogP contribution is -2.19. The van der Waals surface area contributed by atoms with E-state index in [1.165, 1.54) is 24.3 Å². The van der Waals surface area contributed by atoms with Gasteiger partial charge in [-0.05, 0) is 63.1 Å². The van der Waals surface area contributed by atoms with Crippen LogP contribution in [0.15, 0.2) is 45.6 Å². The first-order valence-electron chi connectivity index (χ1n) is 9.70. The van der Waals surface area contributed by atoms with Crippen LogP contribution < -0.4 is 14.9 Å². The highest BCUT2D eigenvalue weighted by Gasteiger charge is 2.40. The Balaban J connectivity index is 2.02. The molecule has 0 saturated heterocycles. The van der Waals surface area contributed by atoms with E-state index in [-0.39, 0.29) is 28.6 Å². The second-order valence-electron chi connectivity index (χ2n) is 7.50. The zero-order chi connectivity index (χ0) is 23.6. The molecule has 0 saturated carbocycles. The number of esters is 1. The molecule has 0 unspecified atom stereocenters. The summed E-state index contributed by atoms with van der Waals surface area (Å²) in [6.45, 7) is 6.39. The van der Waals surface area contributed by atoms with E-state index in [0.717, 1.165) is 17.2 Å². The third-order valence-electron chi connectivity index (χ3n) is 4.22. The zero-order valence-electron chi connectivity index (χ0n) is 17.8. The molecule has 0 fully saturated rings. The van der Waals surface area contributed by atoms with Crippen molar-refractivity contribution in [2.75, 3.05) is 6.61 Å². The van der Waals surface area contributed by atoms with Crippen molar-refractivity contribution in [3.63, 3.8) is 0 Å². The number of carbonyl (C=O) groups excluding carboxylic acids is 1. The number of alkyl halides is 3. The van der Waals surface area contributed by atoms with Gasteiger partial charge < -0.3 is 18.6 Å². The van der Waals surface area contributed by atoms with Gasteiger partial charge in [0.25, 0.3) is 5.76 Å². The summed E-state index contributed by atoms with van der Waals surface area (Å²) in [5, 5.41) is -0.130. The molecule has 0 aliphatic carbocycles. The van der Waals surface area contributed by atoms with Gasteiger partial charge in [0, 0.05) is 6.07 Å². The molecule has 0 radical (unpaired) electrons. The van der Waals surface area contributed by atoms with Crippen LogP contribution in [0.4, 0.5) is 13.2 Å². The highest BCUT2D eigenvalue weighted by atomic mass is 19.4. The van der Waals surface area contributed by atoms with Crippen LogP contribution in [0.1, 0.15) is 30.7 Å². The summed E-state index contributed by atoms with van der Waals surface area (Å²) >= 11 is 0. The van der Waals surface area contributed by atoms with E-state index < -0.39 is 35.7 Å². The Kier molecular flexibility index (Phi) is 6.47. The zero-order valence-corrected chi connectivity index (χ0v) is 17.8. The molecule has 0 aliphatic rings. The van der Waals surface area contributed by atoms with Crippen molar-refractivity contribution in [1.29, 1.82) is 0 Å². The summed E-state index contributed by atoms with van der Waals surface area (Å²) in [7, 11) is 0. The maximum Gasteiger partial charge on any atom is 0.453 e. The molecule has 0 bridgehead atoms. The third kappa shape index (κ3) is 5.40. The lowest BCUT2D eigenvalue weighted by molar-refractivity contribution is -0.154. The Morgan fingerprint density at radius 2 is 1.69 bits per heavy atom. The second-order valence-corrected chi connectivity index (χ2v) is 7.50. The lowest BCUT2D eigenvalue weighted by atomic mass is 10.1. The summed E-state index contributed by atoms with van der Waals surface area (Å²) in [6.07, 6.45) is -5.33. The van der Waals surface area contributed by atoms with Gasteiger partial charge in [0.15, 0.2) is 6.61 Å². The second kappa shape index (κ2) is 8.94. The van der Waals surface area contributed by atoms with Crippen LogP contribution in [0.3, 0.4) is 0 Å². The molecule has 0 spiro atoms. The van der Waals surface area contributed by atoms with E-state index in [0.29, 0.717) is 0 Å². The molecular weight excluding hydrogens is 429 g/mol. The van der Waals surface area contributed by atoms with E-state index in [9.17, 15) is 22.8 Å². The predicted octanol–water partition coefficient (Wildman–Crippen LogP) is 5.55. The first kappa shape index (κ1) is 23.2. The van der Waals surface area contributed by atoms with E-state index in [4.69, 9.17) is 18.6 Å². The Hall–Kier alpha value is -3.49. The molecule has 32 heavy (non-hydrogen) atoms. The maximum absolute atomic E-state index is 13.7. The number of aryl methyl sites for hydroxylation is 2. The van der Waals surface area contributed by atoms with Crippen LogP contribution in [-0.2, 0) is 15.7 Å². The van der Waals surface area contributed by atoms with Crippen molar-refractivity contribution >= 4 is 16.9 Å². The minimum atomic E-state index is -4.99. The molecule has 0 amide bonds. The predicted molar refractivity (Wildman–Crippen MR) is 110 cm³/mol. The largest absolute Gasteiger partial charge is 0.482 e. The lowest BCUT2D eigenvalue weighted by Gasteiger charge is -2.14. The quantitative estimate of drug-likeness (QED) is 0.459. The van der Waals surface area contributed by atoms with E-state index >= 15 is 0 Å². The molecule has 9 heteroatoms. The monoisotopic (exact) mass is 450 g/mol. The summed E-state index contributed by atoms with van der Waals surface area (Å²) in [6, 6.07) is 8.55. The highest BCUT2D eigenvalue weighted by molar-refractivity contribution is 5.80. The van der Waals surface area contributed by atoms with E-state index in [2.05, 4.69) is 0 Å². The average molecular weight is 450 g/mol. The molecule has 0 aliphatic heterocycles. The summed E-state index contributed by atoms with van der Waals surface area (Å²) in [5.41, 5.74) is 0.182. The fraction of sp³-hybridized carbons (Fsp3) is 0.304. The van der Waals surface area contributed by atoms with Crippen LogP contribution >= 0.6 is 0 Å². The van der Waals surface area contributed by atoms with Gasteiger partial charge in [-0.15, -0.1) is 0 Å². The Bertz CT molecular complexity index is 1190. The van der Waals surface area contributed by atoms with Crippen molar-refractivity contribution in [1.82, 2.24) is 0 Å². The normalized spacial score (nSPS) is 11.6. The molecule has 3 rings (SSSR count). The van der Waals surface area contributed by atoms with Gasteiger partial charge in [-0.3, -0.25) is 4.79 Å². The van der Waals surface area contributed by atoms with Crippen LogP contribution in [0, 0.1) is 13.8 Å². The first-order chi connectivity index (χ1) is 14.9. The van der Waals surface area contributed by atoms with Gasteiger partial charge in [-0.2, -0.15) is 13.2 Å². The highest BCUT2D eigenvalue weighted by Crippen LogP contribution is 2.38. The smallest absolute Gasteiger partial charge is 0.453 e. The van der Waals surface area contributed by atoms with Gasteiger partial charge in [0.05, 0.1) is 11.5 Å². The van der Waals surface area contributed by atoms with E-state index in [1.807, 2.05) is 6.07 Å². The minimum Gasteiger partial charge on any atom is -0.482 e. The van der Waals surface area contributed by atoms with Crippen molar-refractivity contribution in [2.45, 2.75) is 40.0 Å². The third-order valence-corrected chi connectivity index (χ3v) is 4.22. The van der Waals surface area contributed by atoms with Crippen LogP contribution in [0.2, 0.25) is 0 Å². The topological polar surface area (TPSA) is 75.0 Å². The molecule has 2 aromatic carbocycles. The SMILES string of the molecule is Cc1cc(C)cc(Oc2c(C(F)(F)F)oc3cc(OCC(=O)OC(C)C)ccc3c2=O)c1. The van der Waals surface area contributed by atoms with E-state index in [1.54, 1.807) is 27.7 Å². The number of halogens is 3. The van der Waals surface area contributed by atoms with Gasteiger partial charge in [0.1, 0.15) is 17.1 Å². The van der Waals surface area contributed by atoms with Crippen LogP contribution in [0.25, 0.3) is 11.0 Å². The van der Waals surface area contributed by atoms with Crippen molar-refractivity contribution in [3.05, 3.63) is 63.5 Å². The molecular formula is C23H21F3O6. The average Bonchev–Trinajstić information content (AvgIpc) is 2.66. The summed E-state index contributed by atoms with van der Waals surface area (Å²) < 4.78 is 61.6. The fourth-order valence-corrected chi connectivity index (χ4v) is 3.07. The Morgan fingerprint density at radius 1 is 1.03 bits per heavy atom. The first-order valence-corrected chi connectivity index (χ1v) is 9.70. The number of hydrogen-bond donors (Lipinski definition) is 0. The van der Waals surface area contributed by atoms with Crippen molar-refractivity contribution in [3.8, 4) is 17.2 Å². The van der Waals surface area contributed by atoms with Gasteiger partial charge in [-0.25, -0.2) is 4.79 Å². The number of rotatable bonds is 6. The van der Waals surface area contributed by atoms with Crippen LogP contribution in [0.5, 0.6) is 17.2 Å². The Labute approximate surface area is 181 Å². The van der Waals surface area contributed by atoms with Gasteiger partial charge in [0.2, 0.25) is 11.2 Å². The molecule has 0 atom stereocenters. The standard InChI is InChI=1S/C23H21F3O6/c1-12(2)30-19(27)11-29-15-5-6-17-18(10-15)32-22(23(24,25)26)21(20(17)28)31-16-8-13(3)7-14(4)9-16/h5-10,12H,11H2,1-4H3. The molecule has 0 N–H and O–H groups in total. The maximum atomic E-state index is 13.7. The summed E-state index contributed by atoms with van der Waals surface area (Å²) in [4.78, 5) is 24.5. The number of carbonyl (C=O) groups is 1. The number of fused-ring (bicyclic) bond motifs is 1.